The summed E-state index contributed by atoms with van der Waals surface area (Å²) in [6.07, 6.45) is -0.736. The first-order valence-corrected chi connectivity index (χ1v) is 6.61. The molecule has 1 aromatic heterocycles. The molecule has 2 heterocycles. The van der Waals surface area contributed by atoms with Crippen molar-refractivity contribution in [2.24, 2.45) is 0 Å². The standard InChI is InChI=1S/C13H15NO2.C2H6/c1-8-9-4-2-3-5-10(9)14-7-13(16)12(15)6-11(8)14;1-2/h2-5,12-13,15-16H,6-7H2,1H3;1-2H3/t12-,13?;/m1./s1. The molecule has 0 saturated carbocycles. The van der Waals surface area contributed by atoms with Crippen LogP contribution >= 0.6 is 0 Å². The maximum atomic E-state index is 9.72. The molecular formula is C15H21NO2. The van der Waals surface area contributed by atoms with Crippen molar-refractivity contribution in [2.75, 3.05) is 0 Å². The molecule has 98 valence electrons. The number of nitrogens with zero attached hydrogens (tertiary/aromatic N) is 1. The van der Waals surface area contributed by atoms with Crippen LogP contribution in [0.1, 0.15) is 25.1 Å². The van der Waals surface area contributed by atoms with Crippen LogP contribution < -0.4 is 0 Å². The van der Waals surface area contributed by atoms with Crippen LogP contribution in [-0.4, -0.2) is 27.0 Å². The predicted octanol–water partition coefficient (Wildman–Crippen LogP) is 2.25. The van der Waals surface area contributed by atoms with Gasteiger partial charge in [-0.05, 0) is 18.6 Å². The van der Waals surface area contributed by atoms with Crippen LogP contribution in [0.2, 0.25) is 0 Å². The molecule has 3 heteroatoms. The zero-order chi connectivity index (χ0) is 13.3. The van der Waals surface area contributed by atoms with Gasteiger partial charge in [0.15, 0.2) is 0 Å². The molecule has 0 spiro atoms. The zero-order valence-electron chi connectivity index (χ0n) is 11.2. The van der Waals surface area contributed by atoms with E-state index in [2.05, 4.69) is 23.6 Å². The summed E-state index contributed by atoms with van der Waals surface area (Å²) in [6, 6.07) is 8.19. The van der Waals surface area contributed by atoms with Gasteiger partial charge in [-0.3, -0.25) is 0 Å². The van der Waals surface area contributed by atoms with Crippen molar-refractivity contribution in [2.45, 2.75) is 45.9 Å². The summed E-state index contributed by atoms with van der Waals surface area (Å²) in [5.41, 5.74) is 3.53. The molecule has 0 fully saturated rings. The number of aliphatic hydroxyl groups excluding tert-OH is 2. The van der Waals surface area contributed by atoms with Gasteiger partial charge < -0.3 is 14.8 Å². The average Bonchev–Trinajstić information content (AvgIpc) is 2.67. The summed E-state index contributed by atoms with van der Waals surface area (Å²) in [4.78, 5) is 0. The summed E-state index contributed by atoms with van der Waals surface area (Å²) in [5, 5.41) is 20.7. The largest absolute Gasteiger partial charge is 0.390 e. The number of hydrogen-bond acceptors (Lipinski definition) is 2. The van der Waals surface area contributed by atoms with E-state index in [-0.39, 0.29) is 0 Å². The smallest absolute Gasteiger partial charge is 0.0981 e. The highest BCUT2D eigenvalue weighted by Crippen LogP contribution is 2.29. The second-order valence-electron chi connectivity index (χ2n) is 4.54. The van der Waals surface area contributed by atoms with Gasteiger partial charge >= 0.3 is 0 Å². The van der Waals surface area contributed by atoms with Crippen molar-refractivity contribution in [3.8, 4) is 0 Å². The molecule has 0 saturated heterocycles. The van der Waals surface area contributed by atoms with E-state index >= 15 is 0 Å². The minimum absolute atomic E-state index is 0.491. The molecule has 3 rings (SSSR count). The molecule has 0 radical (unpaired) electrons. The monoisotopic (exact) mass is 247 g/mol. The highest BCUT2D eigenvalue weighted by molar-refractivity contribution is 5.85. The Morgan fingerprint density at radius 3 is 2.50 bits per heavy atom. The maximum absolute atomic E-state index is 9.72. The van der Waals surface area contributed by atoms with E-state index in [4.69, 9.17) is 0 Å². The topological polar surface area (TPSA) is 45.4 Å². The molecule has 0 aliphatic carbocycles. The molecule has 0 amide bonds. The Bertz CT molecular complexity index is 545. The number of hydrogen-bond donors (Lipinski definition) is 2. The lowest BCUT2D eigenvalue weighted by atomic mass is 10.0. The van der Waals surface area contributed by atoms with Crippen molar-refractivity contribution in [3.05, 3.63) is 35.5 Å². The summed E-state index contributed by atoms with van der Waals surface area (Å²) >= 11 is 0. The van der Waals surface area contributed by atoms with Crippen molar-refractivity contribution >= 4 is 10.9 Å². The number of aromatic nitrogens is 1. The van der Waals surface area contributed by atoms with Gasteiger partial charge in [0.05, 0.1) is 18.8 Å². The van der Waals surface area contributed by atoms with Crippen LogP contribution in [-0.2, 0) is 13.0 Å². The van der Waals surface area contributed by atoms with Gasteiger partial charge in [-0.15, -0.1) is 0 Å². The molecule has 2 aromatic rings. The number of aryl methyl sites for hydroxylation is 1. The van der Waals surface area contributed by atoms with Crippen LogP contribution in [0.4, 0.5) is 0 Å². The quantitative estimate of drug-likeness (QED) is 0.750. The SMILES string of the molecule is CC.Cc1c2n(c3ccccc13)CC(O)[C@H](O)C2. The Labute approximate surface area is 108 Å². The van der Waals surface area contributed by atoms with E-state index in [9.17, 15) is 10.2 Å². The molecule has 2 atom stereocenters. The van der Waals surface area contributed by atoms with E-state index in [0.29, 0.717) is 13.0 Å². The molecule has 1 aliphatic rings. The van der Waals surface area contributed by atoms with E-state index in [1.54, 1.807) is 0 Å². The molecule has 18 heavy (non-hydrogen) atoms. The van der Waals surface area contributed by atoms with Gasteiger partial charge in [0.1, 0.15) is 0 Å². The summed E-state index contributed by atoms with van der Waals surface area (Å²) in [7, 11) is 0. The van der Waals surface area contributed by atoms with Gasteiger partial charge in [0.25, 0.3) is 0 Å². The fraction of sp³-hybridized carbons (Fsp3) is 0.467. The first-order chi connectivity index (χ1) is 8.68. The number of para-hydroxylation sites is 1. The first-order valence-electron chi connectivity index (χ1n) is 6.61. The van der Waals surface area contributed by atoms with Gasteiger partial charge in [0.2, 0.25) is 0 Å². The Hall–Kier alpha value is -1.32. The summed E-state index contributed by atoms with van der Waals surface area (Å²) < 4.78 is 2.13. The fourth-order valence-electron chi connectivity index (χ4n) is 2.64. The van der Waals surface area contributed by atoms with Gasteiger partial charge in [-0.25, -0.2) is 0 Å². The average molecular weight is 247 g/mol. The highest BCUT2D eigenvalue weighted by atomic mass is 16.3. The van der Waals surface area contributed by atoms with Crippen LogP contribution in [0.15, 0.2) is 24.3 Å². The van der Waals surface area contributed by atoms with E-state index in [1.165, 1.54) is 10.9 Å². The van der Waals surface area contributed by atoms with Crippen LogP contribution in [0.5, 0.6) is 0 Å². The number of benzene rings is 1. The predicted molar refractivity (Wildman–Crippen MR) is 73.7 cm³/mol. The second-order valence-corrected chi connectivity index (χ2v) is 4.54. The molecule has 1 aromatic carbocycles. The lowest BCUT2D eigenvalue weighted by Crippen LogP contribution is -2.37. The zero-order valence-corrected chi connectivity index (χ0v) is 11.2. The Kier molecular flexibility index (Phi) is 3.73. The third kappa shape index (κ3) is 1.93. The lowest BCUT2D eigenvalue weighted by molar-refractivity contribution is -0.00185. The van der Waals surface area contributed by atoms with E-state index in [0.717, 1.165) is 11.2 Å². The van der Waals surface area contributed by atoms with Gasteiger partial charge in [-0.1, -0.05) is 32.0 Å². The van der Waals surface area contributed by atoms with Crippen LogP contribution in [0.3, 0.4) is 0 Å². The molecule has 3 nitrogen and oxygen atoms in total. The summed E-state index contributed by atoms with van der Waals surface area (Å²) in [5.74, 6) is 0. The van der Waals surface area contributed by atoms with Gasteiger partial charge in [0, 0.05) is 23.0 Å². The van der Waals surface area contributed by atoms with Crippen LogP contribution in [0.25, 0.3) is 10.9 Å². The number of fused-ring (bicyclic) bond motifs is 3. The minimum atomic E-state index is -0.650. The third-order valence-corrected chi connectivity index (χ3v) is 3.57. The molecule has 0 bridgehead atoms. The third-order valence-electron chi connectivity index (χ3n) is 3.57. The molecule has 1 aliphatic heterocycles. The first kappa shape index (κ1) is 13.1. The lowest BCUT2D eigenvalue weighted by Gasteiger charge is -2.26. The highest BCUT2D eigenvalue weighted by Gasteiger charge is 2.28. The fourth-order valence-corrected chi connectivity index (χ4v) is 2.64. The van der Waals surface area contributed by atoms with E-state index in [1.807, 2.05) is 26.0 Å². The molecule has 1 unspecified atom stereocenters. The van der Waals surface area contributed by atoms with Crippen molar-refractivity contribution in [1.29, 1.82) is 0 Å². The maximum Gasteiger partial charge on any atom is 0.0981 e. The molecule has 2 N–H and O–H groups in total. The number of rotatable bonds is 0. The Morgan fingerprint density at radius 1 is 1.11 bits per heavy atom. The van der Waals surface area contributed by atoms with Crippen molar-refractivity contribution in [1.82, 2.24) is 4.57 Å². The number of aliphatic hydroxyl groups is 2. The minimum Gasteiger partial charge on any atom is -0.390 e. The van der Waals surface area contributed by atoms with Crippen molar-refractivity contribution in [3.63, 3.8) is 0 Å². The summed E-state index contributed by atoms with van der Waals surface area (Å²) in [6.45, 7) is 6.57. The van der Waals surface area contributed by atoms with Gasteiger partial charge in [-0.2, -0.15) is 0 Å². The van der Waals surface area contributed by atoms with Crippen LogP contribution in [0, 0.1) is 6.92 Å². The van der Waals surface area contributed by atoms with Crippen molar-refractivity contribution < 1.29 is 10.2 Å². The second kappa shape index (κ2) is 5.12. The Morgan fingerprint density at radius 2 is 1.78 bits per heavy atom. The van der Waals surface area contributed by atoms with E-state index < -0.39 is 12.2 Å². The molecular weight excluding hydrogens is 226 g/mol. The normalized spacial score (nSPS) is 22.3. The Balaban J connectivity index is 0.000000574.